The van der Waals surface area contributed by atoms with Crippen molar-refractivity contribution in [2.24, 2.45) is 0 Å². The summed E-state index contributed by atoms with van der Waals surface area (Å²) in [5, 5.41) is 3.40. The van der Waals surface area contributed by atoms with Crippen LogP contribution in [0.2, 0.25) is 0 Å². The van der Waals surface area contributed by atoms with Gasteiger partial charge in [0.2, 0.25) is 10.0 Å². The molecule has 1 atom stereocenters. The molecule has 0 aliphatic heterocycles. The Morgan fingerprint density at radius 3 is 2.68 bits per heavy atom. The molecular weight excluding hydrogens is 280 g/mol. The summed E-state index contributed by atoms with van der Waals surface area (Å²) in [4.78, 5) is 0. The Balaban J connectivity index is 2.04. The van der Waals surface area contributed by atoms with E-state index in [4.69, 9.17) is 0 Å². The van der Waals surface area contributed by atoms with E-state index in [1.54, 1.807) is 0 Å². The number of rotatable bonds is 12. The summed E-state index contributed by atoms with van der Waals surface area (Å²) in [5.41, 5.74) is 0. The third kappa shape index (κ3) is 9.71. The van der Waals surface area contributed by atoms with Gasteiger partial charge in [0.05, 0.1) is 5.75 Å². The van der Waals surface area contributed by atoms with E-state index in [1.807, 2.05) is 18.7 Å². The molecule has 1 unspecified atom stereocenters. The third-order valence-corrected chi connectivity index (χ3v) is 5.65. The highest BCUT2D eigenvalue weighted by Crippen LogP contribution is 2.18. The van der Waals surface area contributed by atoms with E-state index in [9.17, 15) is 8.42 Å². The molecule has 1 rings (SSSR count). The molecule has 1 saturated carbocycles. The topological polar surface area (TPSA) is 58.2 Å². The van der Waals surface area contributed by atoms with Gasteiger partial charge in [0, 0.05) is 12.1 Å². The van der Waals surface area contributed by atoms with Crippen LogP contribution < -0.4 is 10.0 Å². The second kappa shape index (κ2) is 9.21. The summed E-state index contributed by atoms with van der Waals surface area (Å²) < 4.78 is 26.5. The third-order valence-electron chi connectivity index (χ3n) is 3.13. The van der Waals surface area contributed by atoms with Crippen molar-refractivity contribution in [3.8, 4) is 0 Å². The van der Waals surface area contributed by atoms with Gasteiger partial charge >= 0.3 is 0 Å². The zero-order valence-electron chi connectivity index (χ0n) is 12.2. The Morgan fingerprint density at radius 1 is 1.32 bits per heavy atom. The highest BCUT2D eigenvalue weighted by molar-refractivity contribution is 7.99. The molecule has 0 spiro atoms. The molecule has 0 saturated heterocycles. The molecule has 1 fully saturated rings. The molecule has 2 N–H and O–H groups in total. The van der Waals surface area contributed by atoms with Crippen molar-refractivity contribution in [3.05, 3.63) is 0 Å². The summed E-state index contributed by atoms with van der Waals surface area (Å²) in [6, 6.07) is 0.763. The van der Waals surface area contributed by atoms with Crippen molar-refractivity contribution in [3.63, 3.8) is 0 Å². The van der Waals surface area contributed by atoms with E-state index in [2.05, 4.69) is 17.0 Å². The zero-order valence-corrected chi connectivity index (χ0v) is 13.8. The summed E-state index contributed by atoms with van der Waals surface area (Å²) in [5.74, 6) is 2.36. The molecule has 6 heteroatoms. The molecule has 0 radical (unpaired) electrons. The quantitative estimate of drug-likeness (QED) is 0.541. The highest BCUT2D eigenvalue weighted by atomic mass is 32.2. The summed E-state index contributed by atoms with van der Waals surface area (Å²) >= 11 is 1.85. The fourth-order valence-electron chi connectivity index (χ4n) is 1.84. The number of thioether (sulfide) groups is 1. The maximum atomic E-state index is 11.8. The lowest BCUT2D eigenvalue weighted by Gasteiger charge is -2.13. The Labute approximate surface area is 122 Å². The van der Waals surface area contributed by atoms with Gasteiger partial charge in [0.1, 0.15) is 0 Å². The van der Waals surface area contributed by atoms with Crippen molar-refractivity contribution in [1.29, 1.82) is 0 Å². The lowest BCUT2D eigenvalue weighted by Crippen LogP contribution is -2.35. The van der Waals surface area contributed by atoms with Crippen LogP contribution in [-0.4, -0.2) is 44.3 Å². The first-order valence-electron chi connectivity index (χ1n) is 7.34. The Hall–Kier alpha value is 0.220. The van der Waals surface area contributed by atoms with Gasteiger partial charge in [-0.2, -0.15) is 11.8 Å². The maximum Gasteiger partial charge on any atom is 0.211 e. The van der Waals surface area contributed by atoms with Gasteiger partial charge in [0.25, 0.3) is 0 Å². The zero-order chi connectivity index (χ0) is 14.1. The van der Waals surface area contributed by atoms with E-state index in [0.717, 1.165) is 37.3 Å². The fourth-order valence-corrected chi connectivity index (χ4v) is 4.08. The summed E-state index contributed by atoms with van der Waals surface area (Å²) in [6.07, 6.45) is 5.16. The normalized spacial score (nSPS) is 17.6. The molecule has 1 aliphatic carbocycles. The van der Waals surface area contributed by atoms with E-state index >= 15 is 0 Å². The smallest absolute Gasteiger partial charge is 0.211 e. The first-order valence-corrected chi connectivity index (χ1v) is 10.2. The molecule has 0 amide bonds. The van der Waals surface area contributed by atoms with Crippen LogP contribution in [0.4, 0.5) is 0 Å². The van der Waals surface area contributed by atoms with Gasteiger partial charge < -0.3 is 5.32 Å². The molecule has 0 aromatic carbocycles. The number of unbranched alkanes of at least 4 members (excludes halogenated alkanes) is 1. The van der Waals surface area contributed by atoms with Gasteiger partial charge in [-0.05, 0) is 57.1 Å². The standard InChI is InChI=1S/C13H28N2O2S2/c1-3-18-10-8-12(2)15-19(16,17)11-5-4-9-14-13-6-7-13/h12-15H,3-11H2,1-2H3. The first-order chi connectivity index (χ1) is 9.03. The van der Waals surface area contributed by atoms with Crippen LogP contribution in [0.15, 0.2) is 0 Å². The van der Waals surface area contributed by atoms with Gasteiger partial charge in [-0.25, -0.2) is 13.1 Å². The molecule has 1 aliphatic rings. The molecule has 0 aromatic rings. The van der Waals surface area contributed by atoms with Gasteiger partial charge in [-0.15, -0.1) is 0 Å². The summed E-state index contributed by atoms with van der Waals surface area (Å²) in [6.45, 7) is 5.01. The van der Waals surface area contributed by atoms with Crippen molar-refractivity contribution in [1.82, 2.24) is 10.0 Å². The van der Waals surface area contributed by atoms with Crippen molar-refractivity contribution in [2.45, 2.75) is 58.0 Å². The minimum Gasteiger partial charge on any atom is -0.314 e. The molecular formula is C13H28N2O2S2. The van der Waals surface area contributed by atoms with Crippen LogP contribution >= 0.6 is 11.8 Å². The van der Waals surface area contributed by atoms with E-state index < -0.39 is 10.0 Å². The van der Waals surface area contributed by atoms with Crippen LogP contribution in [0.3, 0.4) is 0 Å². The second-order valence-electron chi connectivity index (χ2n) is 5.26. The predicted molar refractivity (Wildman–Crippen MR) is 84.3 cm³/mol. The largest absolute Gasteiger partial charge is 0.314 e. The van der Waals surface area contributed by atoms with E-state index in [-0.39, 0.29) is 11.8 Å². The second-order valence-corrected chi connectivity index (χ2v) is 8.53. The van der Waals surface area contributed by atoms with Crippen molar-refractivity contribution >= 4 is 21.8 Å². The van der Waals surface area contributed by atoms with E-state index in [1.165, 1.54) is 12.8 Å². The number of hydrogen-bond donors (Lipinski definition) is 2. The monoisotopic (exact) mass is 308 g/mol. The number of sulfonamides is 1. The van der Waals surface area contributed by atoms with Gasteiger partial charge in [0.15, 0.2) is 0 Å². The van der Waals surface area contributed by atoms with Crippen LogP contribution in [0.25, 0.3) is 0 Å². The maximum absolute atomic E-state index is 11.8. The van der Waals surface area contributed by atoms with Crippen molar-refractivity contribution < 1.29 is 8.42 Å². The molecule has 0 heterocycles. The Kier molecular flexibility index (Phi) is 8.37. The van der Waals surface area contributed by atoms with Crippen LogP contribution in [0, 0.1) is 0 Å². The number of nitrogens with one attached hydrogen (secondary N) is 2. The molecule has 114 valence electrons. The number of hydrogen-bond acceptors (Lipinski definition) is 4. The fraction of sp³-hybridized carbons (Fsp3) is 1.00. The Bertz CT molecular complexity index is 330. The first kappa shape index (κ1) is 17.3. The minimum absolute atomic E-state index is 0.0497. The van der Waals surface area contributed by atoms with Crippen LogP contribution in [-0.2, 0) is 10.0 Å². The van der Waals surface area contributed by atoms with Crippen molar-refractivity contribution in [2.75, 3.05) is 23.8 Å². The average molecular weight is 309 g/mol. The van der Waals surface area contributed by atoms with Gasteiger partial charge in [-0.3, -0.25) is 0 Å². The lowest BCUT2D eigenvalue weighted by molar-refractivity contribution is 0.551. The highest BCUT2D eigenvalue weighted by Gasteiger charge is 2.19. The average Bonchev–Trinajstić information content (AvgIpc) is 3.12. The predicted octanol–water partition coefficient (Wildman–Crippen LogP) is 1.97. The minimum atomic E-state index is -3.09. The SMILES string of the molecule is CCSCCC(C)NS(=O)(=O)CCCCNC1CC1. The molecule has 4 nitrogen and oxygen atoms in total. The summed E-state index contributed by atoms with van der Waals surface area (Å²) in [7, 11) is -3.09. The van der Waals surface area contributed by atoms with Crippen LogP contribution in [0.5, 0.6) is 0 Å². The molecule has 19 heavy (non-hydrogen) atoms. The Morgan fingerprint density at radius 2 is 2.05 bits per heavy atom. The lowest BCUT2D eigenvalue weighted by atomic mass is 10.3. The van der Waals surface area contributed by atoms with Gasteiger partial charge in [-0.1, -0.05) is 6.92 Å². The molecule has 0 aromatic heterocycles. The molecule has 0 bridgehead atoms. The van der Waals surface area contributed by atoms with Crippen LogP contribution in [0.1, 0.15) is 46.0 Å². The van der Waals surface area contributed by atoms with E-state index in [0.29, 0.717) is 6.04 Å².